The van der Waals surface area contributed by atoms with Crippen molar-refractivity contribution >= 4 is 5.91 Å². The van der Waals surface area contributed by atoms with Crippen LogP contribution < -0.4 is 10.1 Å². The molecule has 1 aromatic heterocycles. The van der Waals surface area contributed by atoms with E-state index in [2.05, 4.69) is 17.2 Å². The van der Waals surface area contributed by atoms with E-state index in [4.69, 9.17) is 4.74 Å². The number of H-pyrrole nitrogens is 1. The van der Waals surface area contributed by atoms with Gasteiger partial charge in [-0.3, -0.25) is 4.79 Å². The highest BCUT2D eigenvalue weighted by Crippen LogP contribution is 2.32. The maximum atomic E-state index is 11.9. The van der Waals surface area contributed by atoms with Crippen molar-refractivity contribution in [3.05, 3.63) is 41.6 Å². The number of rotatable bonds is 4. The van der Waals surface area contributed by atoms with Gasteiger partial charge in [0.05, 0.1) is 12.2 Å². The highest BCUT2D eigenvalue weighted by molar-refractivity contribution is 6.04. The molecule has 2 aromatic rings. The molecule has 1 amide bonds. The first-order valence-corrected chi connectivity index (χ1v) is 6.51. The van der Waals surface area contributed by atoms with Gasteiger partial charge >= 0.3 is 0 Å². The minimum absolute atomic E-state index is 0.0124. The van der Waals surface area contributed by atoms with E-state index in [1.54, 1.807) is 0 Å². The van der Waals surface area contributed by atoms with Crippen LogP contribution in [0.15, 0.2) is 30.5 Å². The minimum atomic E-state index is -0.0124. The largest absolute Gasteiger partial charge is 0.494 e. The van der Waals surface area contributed by atoms with Crippen LogP contribution in [0.1, 0.15) is 29.3 Å². The SMILES string of the molecule is CCCOc1cc2c(c(-c3ccc[nH]3)c1)C(=O)NC2. The summed E-state index contributed by atoms with van der Waals surface area (Å²) in [6, 6.07) is 7.78. The second kappa shape index (κ2) is 4.80. The highest BCUT2D eigenvalue weighted by atomic mass is 16.5. The lowest BCUT2D eigenvalue weighted by Gasteiger charge is -2.10. The summed E-state index contributed by atoms with van der Waals surface area (Å²) >= 11 is 0. The Morgan fingerprint density at radius 3 is 3.00 bits per heavy atom. The maximum absolute atomic E-state index is 11.9. The Morgan fingerprint density at radius 1 is 1.37 bits per heavy atom. The van der Waals surface area contributed by atoms with Crippen LogP contribution in [0.3, 0.4) is 0 Å². The number of fused-ring (bicyclic) bond motifs is 1. The second-order valence-corrected chi connectivity index (χ2v) is 4.62. The summed E-state index contributed by atoms with van der Waals surface area (Å²) in [5.41, 5.74) is 3.60. The first-order valence-electron chi connectivity index (χ1n) is 6.51. The molecule has 4 heteroatoms. The summed E-state index contributed by atoms with van der Waals surface area (Å²) in [5, 5.41) is 2.86. The zero-order chi connectivity index (χ0) is 13.2. The van der Waals surface area contributed by atoms with Crippen molar-refractivity contribution in [3.63, 3.8) is 0 Å². The minimum Gasteiger partial charge on any atom is -0.494 e. The molecule has 0 saturated carbocycles. The number of hydrogen-bond donors (Lipinski definition) is 2. The Balaban J connectivity index is 2.10. The van der Waals surface area contributed by atoms with Gasteiger partial charge in [0.1, 0.15) is 5.75 Å². The molecule has 0 atom stereocenters. The molecule has 4 nitrogen and oxygen atoms in total. The van der Waals surface area contributed by atoms with Gasteiger partial charge in [0.15, 0.2) is 0 Å². The van der Waals surface area contributed by atoms with Crippen molar-refractivity contribution in [1.29, 1.82) is 0 Å². The molecule has 0 aliphatic carbocycles. The third-order valence-corrected chi connectivity index (χ3v) is 3.22. The molecule has 1 aromatic carbocycles. The quantitative estimate of drug-likeness (QED) is 0.883. The summed E-state index contributed by atoms with van der Waals surface area (Å²) in [4.78, 5) is 15.1. The van der Waals surface area contributed by atoms with E-state index in [0.29, 0.717) is 13.2 Å². The summed E-state index contributed by atoms with van der Waals surface area (Å²) in [6.07, 6.45) is 2.82. The molecule has 2 heterocycles. The molecule has 0 radical (unpaired) electrons. The van der Waals surface area contributed by atoms with Crippen LogP contribution in [0.5, 0.6) is 5.75 Å². The third kappa shape index (κ3) is 2.10. The molecule has 2 N–H and O–H groups in total. The Bertz CT molecular complexity index is 603. The van der Waals surface area contributed by atoms with Crippen LogP contribution >= 0.6 is 0 Å². The first-order chi connectivity index (χ1) is 9.29. The number of carbonyl (C=O) groups excluding carboxylic acids is 1. The third-order valence-electron chi connectivity index (χ3n) is 3.22. The number of aromatic amines is 1. The summed E-state index contributed by atoms with van der Waals surface area (Å²) in [6.45, 7) is 3.33. The number of benzene rings is 1. The van der Waals surface area contributed by atoms with Gasteiger partial charge in [-0.05, 0) is 36.2 Å². The lowest BCUT2D eigenvalue weighted by atomic mass is 10.00. The van der Waals surface area contributed by atoms with E-state index in [0.717, 1.165) is 34.6 Å². The fourth-order valence-electron chi connectivity index (χ4n) is 2.36. The van der Waals surface area contributed by atoms with Gasteiger partial charge in [0.25, 0.3) is 5.91 Å². The van der Waals surface area contributed by atoms with Gasteiger partial charge in [-0.25, -0.2) is 0 Å². The molecule has 98 valence electrons. The van der Waals surface area contributed by atoms with Crippen LogP contribution in [0.2, 0.25) is 0 Å². The van der Waals surface area contributed by atoms with E-state index >= 15 is 0 Å². The van der Waals surface area contributed by atoms with E-state index in [-0.39, 0.29) is 5.91 Å². The molecule has 3 rings (SSSR count). The van der Waals surface area contributed by atoms with E-state index in [9.17, 15) is 4.79 Å². The standard InChI is InChI=1S/C15H16N2O2/c1-2-6-19-11-7-10-9-17-15(18)14(10)12(8-11)13-4-3-5-16-13/h3-5,7-8,16H,2,6,9H2,1H3,(H,17,18). The van der Waals surface area contributed by atoms with Crippen molar-refractivity contribution in [2.75, 3.05) is 6.61 Å². The smallest absolute Gasteiger partial charge is 0.252 e. The molecular formula is C15H16N2O2. The molecule has 0 unspecified atom stereocenters. The zero-order valence-corrected chi connectivity index (χ0v) is 10.8. The van der Waals surface area contributed by atoms with Crippen LogP contribution in [0.25, 0.3) is 11.3 Å². The van der Waals surface area contributed by atoms with Crippen molar-refractivity contribution < 1.29 is 9.53 Å². The predicted octanol–water partition coefficient (Wildman–Crippen LogP) is 2.71. The molecule has 1 aliphatic rings. The van der Waals surface area contributed by atoms with Gasteiger partial charge < -0.3 is 15.0 Å². The average molecular weight is 256 g/mol. The fraction of sp³-hybridized carbons (Fsp3) is 0.267. The van der Waals surface area contributed by atoms with Gasteiger partial charge in [-0.2, -0.15) is 0 Å². The number of ether oxygens (including phenoxy) is 1. The molecule has 19 heavy (non-hydrogen) atoms. The number of hydrogen-bond acceptors (Lipinski definition) is 2. The summed E-state index contributed by atoms with van der Waals surface area (Å²) < 4.78 is 5.70. The molecule has 0 saturated heterocycles. The number of amides is 1. The normalized spacial score (nSPS) is 13.2. The van der Waals surface area contributed by atoms with Gasteiger partial charge in [-0.15, -0.1) is 0 Å². The Kier molecular flexibility index (Phi) is 2.99. The number of carbonyl (C=O) groups is 1. The summed E-state index contributed by atoms with van der Waals surface area (Å²) in [7, 11) is 0. The number of aromatic nitrogens is 1. The highest BCUT2D eigenvalue weighted by Gasteiger charge is 2.24. The maximum Gasteiger partial charge on any atom is 0.252 e. The zero-order valence-electron chi connectivity index (χ0n) is 10.8. The topological polar surface area (TPSA) is 54.1 Å². The van der Waals surface area contributed by atoms with Gasteiger partial charge in [0, 0.05) is 24.0 Å². The first kappa shape index (κ1) is 11.8. The van der Waals surface area contributed by atoms with E-state index in [1.165, 1.54) is 0 Å². The Hall–Kier alpha value is -2.23. The molecule has 0 fully saturated rings. The fourth-order valence-corrected chi connectivity index (χ4v) is 2.36. The van der Waals surface area contributed by atoms with Crippen LogP contribution in [0.4, 0.5) is 0 Å². The van der Waals surface area contributed by atoms with Crippen LogP contribution in [0, 0.1) is 0 Å². The van der Waals surface area contributed by atoms with Crippen molar-refractivity contribution in [3.8, 4) is 17.0 Å². The number of nitrogens with one attached hydrogen (secondary N) is 2. The average Bonchev–Trinajstić information content (AvgIpc) is 3.06. The molecule has 0 bridgehead atoms. The molecule has 1 aliphatic heterocycles. The van der Waals surface area contributed by atoms with Crippen molar-refractivity contribution in [2.24, 2.45) is 0 Å². The predicted molar refractivity (Wildman–Crippen MR) is 73.2 cm³/mol. The Labute approximate surface area is 111 Å². The van der Waals surface area contributed by atoms with Crippen LogP contribution in [-0.4, -0.2) is 17.5 Å². The lowest BCUT2D eigenvalue weighted by molar-refractivity contribution is 0.0966. The molecule has 0 spiro atoms. The Morgan fingerprint density at radius 2 is 2.26 bits per heavy atom. The second-order valence-electron chi connectivity index (χ2n) is 4.62. The van der Waals surface area contributed by atoms with Gasteiger partial charge in [-0.1, -0.05) is 6.92 Å². The molecular weight excluding hydrogens is 240 g/mol. The summed E-state index contributed by atoms with van der Waals surface area (Å²) in [5.74, 6) is 0.809. The van der Waals surface area contributed by atoms with E-state index < -0.39 is 0 Å². The van der Waals surface area contributed by atoms with Crippen molar-refractivity contribution in [2.45, 2.75) is 19.9 Å². The lowest BCUT2D eigenvalue weighted by Crippen LogP contribution is -2.13. The van der Waals surface area contributed by atoms with Gasteiger partial charge in [0.2, 0.25) is 0 Å². The van der Waals surface area contributed by atoms with Crippen molar-refractivity contribution in [1.82, 2.24) is 10.3 Å². The van der Waals surface area contributed by atoms with E-state index in [1.807, 2.05) is 30.5 Å². The van der Waals surface area contributed by atoms with Crippen LogP contribution in [-0.2, 0) is 6.54 Å². The monoisotopic (exact) mass is 256 g/mol.